The van der Waals surface area contributed by atoms with Crippen molar-refractivity contribution in [1.82, 2.24) is 4.90 Å². The Kier molecular flexibility index (Phi) is 4.81. The third-order valence-electron chi connectivity index (χ3n) is 5.07. The minimum atomic E-state index is -0.459. The van der Waals surface area contributed by atoms with Crippen LogP contribution in [-0.4, -0.2) is 41.5 Å². The van der Waals surface area contributed by atoms with Gasteiger partial charge in [-0.1, -0.05) is 12.1 Å². The van der Waals surface area contributed by atoms with E-state index in [4.69, 9.17) is 5.73 Å². The largest absolute Gasteiger partial charge is 0.341 e. The summed E-state index contributed by atoms with van der Waals surface area (Å²) in [7, 11) is 0. The number of fused-ring (bicyclic) bond motifs is 1. The Morgan fingerprint density at radius 3 is 2.79 bits per heavy atom. The molecule has 1 fully saturated rings. The Bertz CT molecular complexity index is 681. The molecule has 1 heterocycles. The summed E-state index contributed by atoms with van der Waals surface area (Å²) in [4.78, 5) is 37.6. The Hall–Kier alpha value is -2.01. The Morgan fingerprint density at radius 1 is 1.29 bits per heavy atom. The molecule has 0 aromatic heterocycles. The van der Waals surface area contributed by atoms with Gasteiger partial charge in [0.1, 0.15) is 5.78 Å². The van der Waals surface area contributed by atoms with Gasteiger partial charge in [0.05, 0.1) is 6.04 Å². The van der Waals surface area contributed by atoms with E-state index in [1.165, 1.54) is 0 Å². The van der Waals surface area contributed by atoms with Crippen molar-refractivity contribution in [1.29, 1.82) is 0 Å². The maximum atomic E-state index is 12.4. The molecule has 0 spiro atoms. The average Bonchev–Trinajstić information content (AvgIpc) is 3.16. The average molecular weight is 328 g/mol. The highest BCUT2D eigenvalue weighted by atomic mass is 16.2. The lowest BCUT2D eigenvalue weighted by Crippen LogP contribution is -2.40. The lowest BCUT2D eigenvalue weighted by Gasteiger charge is -2.18. The van der Waals surface area contributed by atoms with E-state index in [0.29, 0.717) is 37.3 Å². The molecule has 3 rings (SSSR count). The molecule has 1 saturated heterocycles. The number of hydrogen-bond acceptors (Lipinski definition) is 4. The summed E-state index contributed by atoms with van der Waals surface area (Å²) >= 11 is 0. The molecule has 1 aromatic rings. The van der Waals surface area contributed by atoms with Gasteiger partial charge in [0.2, 0.25) is 5.91 Å². The second kappa shape index (κ2) is 6.85. The highest BCUT2D eigenvalue weighted by Crippen LogP contribution is 2.24. The molecule has 0 unspecified atom stereocenters. The summed E-state index contributed by atoms with van der Waals surface area (Å²) in [5, 5.41) is 0. The van der Waals surface area contributed by atoms with E-state index in [1.807, 2.05) is 18.2 Å². The second-order valence-corrected chi connectivity index (χ2v) is 7.07. The summed E-state index contributed by atoms with van der Waals surface area (Å²) in [6.45, 7) is 3.14. The van der Waals surface area contributed by atoms with Gasteiger partial charge in [-0.15, -0.1) is 0 Å². The molecule has 0 saturated carbocycles. The first-order valence-corrected chi connectivity index (χ1v) is 8.65. The maximum absolute atomic E-state index is 12.4. The molecule has 24 heavy (non-hydrogen) atoms. The standard InChI is InChI=1S/C19H24N2O3/c1-12(20)19(24)21-7-6-13(11-21)2-5-18(23)15-4-3-14-9-17(22)10-16(14)8-15/h3-4,8,12-13H,2,5-7,9-11,20H2,1H3/t12-,13-/m0/s1. The van der Waals surface area contributed by atoms with Gasteiger partial charge in [-0.2, -0.15) is 0 Å². The number of nitrogens with two attached hydrogens (primary N) is 1. The number of rotatable bonds is 5. The number of Topliss-reactive ketones (excluding diaryl/α,β-unsaturated/α-hetero) is 2. The van der Waals surface area contributed by atoms with E-state index >= 15 is 0 Å². The predicted molar refractivity (Wildman–Crippen MR) is 90.8 cm³/mol. The number of amides is 1. The van der Waals surface area contributed by atoms with Crippen molar-refractivity contribution in [3.8, 4) is 0 Å². The van der Waals surface area contributed by atoms with E-state index in [-0.39, 0.29) is 17.5 Å². The van der Waals surface area contributed by atoms with Crippen LogP contribution in [0, 0.1) is 5.92 Å². The molecule has 0 radical (unpaired) electrons. The van der Waals surface area contributed by atoms with Crippen molar-refractivity contribution < 1.29 is 14.4 Å². The second-order valence-electron chi connectivity index (χ2n) is 7.07. The van der Waals surface area contributed by atoms with E-state index < -0.39 is 6.04 Å². The van der Waals surface area contributed by atoms with E-state index in [9.17, 15) is 14.4 Å². The number of benzene rings is 1. The van der Waals surface area contributed by atoms with Gasteiger partial charge in [0, 0.05) is 37.9 Å². The predicted octanol–water partition coefficient (Wildman–Crippen LogP) is 1.51. The van der Waals surface area contributed by atoms with Crippen LogP contribution in [0.4, 0.5) is 0 Å². The number of ketones is 2. The minimum Gasteiger partial charge on any atom is -0.341 e. The molecular formula is C19H24N2O3. The molecule has 2 N–H and O–H groups in total. The van der Waals surface area contributed by atoms with Crippen LogP contribution in [0.2, 0.25) is 0 Å². The van der Waals surface area contributed by atoms with E-state index in [1.54, 1.807) is 11.8 Å². The molecule has 1 aliphatic carbocycles. The number of likely N-dealkylation sites (tertiary alicyclic amines) is 1. The number of nitrogens with zero attached hydrogens (tertiary/aromatic N) is 1. The Balaban J connectivity index is 1.53. The summed E-state index contributed by atoms with van der Waals surface area (Å²) in [6.07, 6.45) is 3.16. The zero-order chi connectivity index (χ0) is 17.3. The topological polar surface area (TPSA) is 80.5 Å². The Morgan fingerprint density at radius 2 is 2.04 bits per heavy atom. The third-order valence-corrected chi connectivity index (χ3v) is 5.07. The van der Waals surface area contributed by atoms with E-state index in [2.05, 4.69) is 0 Å². The first-order valence-electron chi connectivity index (χ1n) is 8.65. The molecule has 0 bridgehead atoms. The highest BCUT2D eigenvalue weighted by molar-refractivity contribution is 5.97. The quantitative estimate of drug-likeness (QED) is 0.831. The molecular weight excluding hydrogens is 304 g/mol. The summed E-state index contributed by atoms with van der Waals surface area (Å²) in [6, 6.07) is 5.16. The number of carbonyl (C=O) groups is 3. The molecule has 1 aromatic carbocycles. The van der Waals surface area contributed by atoms with E-state index in [0.717, 1.165) is 30.5 Å². The van der Waals surface area contributed by atoms with Gasteiger partial charge in [0.15, 0.2) is 5.78 Å². The lowest BCUT2D eigenvalue weighted by molar-refractivity contribution is -0.131. The van der Waals surface area contributed by atoms with Crippen LogP contribution in [0.5, 0.6) is 0 Å². The first-order chi connectivity index (χ1) is 11.4. The summed E-state index contributed by atoms with van der Waals surface area (Å²) < 4.78 is 0. The molecule has 5 heteroatoms. The summed E-state index contributed by atoms with van der Waals surface area (Å²) in [5.74, 6) is 0.702. The van der Waals surface area contributed by atoms with Crippen LogP contribution in [0.25, 0.3) is 0 Å². The fourth-order valence-electron chi connectivity index (χ4n) is 3.66. The molecule has 1 amide bonds. The van der Waals surface area contributed by atoms with Crippen LogP contribution in [0.3, 0.4) is 0 Å². The van der Waals surface area contributed by atoms with Crippen LogP contribution < -0.4 is 5.73 Å². The molecule has 2 aliphatic rings. The van der Waals surface area contributed by atoms with Crippen LogP contribution >= 0.6 is 0 Å². The zero-order valence-corrected chi connectivity index (χ0v) is 14.1. The van der Waals surface area contributed by atoms with Crippen LogP contribution in [-0.2, 0) is 22.4 Å². The van der Waals surface area contributed by atoms with Gasteiger partial charge < -0.3 is 10.6 Å². The molecule has 1 aliphatic heterocycles. The van der Waals surface area contributed by atoms with Gasteiger partial charge in [-0.3, -0.25) is 14.4 Å². The SMILES string of the molecule is C[C@H](N)C(=O)N1CC[C@H](CCC(=O)c2ccc3c(c2)CC(=O)C3)C1. The van der Waals surface area contributed by atoms with Gasteiger partial charge in [-0.05, 0) is 42.9 Å². The van der Waals surface area contributed by atoms with Gasteiger partial charge in [0.25, 0.3) is 0 Å². The van der Waals surface area contributed by atoms with Crippen molar-refractivity contribution in [3.05, 3.63) is 34.9 Å². The van der Waals surface area contributed by atoms with Crippen molar-refractivity contribution in [3.63, 3.8) is 0 Å². The number of carbonyl (C=O) groups excluding carboxylic acids is 3. The lowest BCUT2D eigenvalue weighted by atomic mass is 9.96. The highest BCUT2D eigenvalue weighted by Gasteiger charge is 2.28. The van der Waals surface area contributed by atoms with Crippen molar-refractivity contribution in [2.45, 2.75) is 45.1 Å². The number of hydrogen-bond donors (Lipinski definition) is 1. The van der Waals surface area contributed by atoms with Gasteiger partial charge in [-0.25, -0.2) is 0 Å². The molecule has 2 atom stereocenters. The first kappa shape index (κ1) is 16.8. The fraction of sp³-hybridized carbons (Fsp3) is 0.526. The van der Waals surface area contributed by atoms with Crippen molar-refractivity contribution >= 4 is 17.5 Å². The molecule has 5 nitrogen and oxygen atoms in total. The third kappa shape index (κ3) is 3.56. The Labute approximate surface area is 142 Å². The van der Waals surface area contributed by atoms with Crippen molar-refractivity contribution in [2.75, 3.05) is 13.1 Å². The fourth-order valence-corrected chi connectivity index (χ4v) is 3.66. The summed E-state index contributed by atoms with van der Waals surface area (Å²) in [5.41, 5.74) is 8.40. The van der Waals surface area contributed by atoms with Crippen LogP contribution in [0.15, 0.2) is 18.2 Å². The minimum absolute atomic E-state index is 0.00730. The normalized spacial score (nSPS) is 21.0. The van der Waals surface area contributed by atoms with Crippen molar-refractivity contribution in [2.24, 2.45) is 11.7 Å². The smallest absolute Gasteiger partial charge is 0.239 e. The van der Waals surface area contributed by atoms with Gasteiger partial charge >= 0.3 is 0 Å². The zero-order valence-electron chi connectivity index (χ0n) is 14.1. The maximum Gasteiger partial charge on any atom is 0.239 e. The van der Waals surface area contributed by atoms with Crippen LogP contribution in [0.1, 0.15) is 47.7 Å². The monoisotopic (exact) mass is 328 g/mol. The molecule has 128 valence electrons.